The van der Waals surface area contributed by atoms with Gasteiger partial charge in [0.15, 0.2) is 11.6 Å². The monoisotopic (exact) mass is 276 g/mol. The van der Waals surface area contributed by atoms with Crippen molar-refractivity contribution in [2.24, 2.45) is 11.8 Å². The predicted molar refractivity (Wildman–Crippen MR) is 80.7 cm³/mol. The minimum absolute atomic E-state index is 0.00570. The number of piperidine rings is 1. The van der Waals surface area contributed by atoms with Gasteiger partial charge in [-0.3, -0.25) is 4.79 Å². The van der Waals surface area contributed by atoms with Gasteiger partial charge in [0.25, 0.3) is 0 Å². The van der Waals surface area contributed by atoms with E-state index in [1.807, 2.05) is 26.0 Å². The van der Waals surface area contributed by atoms with Crippen molar-refractivity contribution in [3.05, 3.63) is 12.1 Å². The van der Waals surface area contributed by atoms with Crippen molar-refractivity contribution < 1.29 is 4.79 Å². The number of hydrogen-bond acceptors (Lipinski definition) is 4. The molecule has 1 aromatic rings. The van der Waals surface area contributed by atoms with E-state index in [1.54, 1.807) is 0 Å². The molecule has 5 heteroatoms. The Morgan fingerprint density at radius 1 is 1.35 bits per heavy atom. The van der Waals surface area contributed by atoms with Gasteiger partial charge < -0.3 is 10.2 Å². The second kappa shape index (κ2) is 6.68. The standard InChI is InChI=1S/C15H24N4O/c1-11(2)10-15(20)16-13-4-5-14(18-17-13)19-8-6-12(3)7-9-19/h4-5,11-12H,6-10H2,1-3H3,(H,16,17,20). The molecular formula is C15H24N4O. The number of amides is 1. The smallest absolute Gasteiger partial charge is 0.225 e. The van der Waals surface area contributed by atoms with E-state index in [0.29, 0.717) is 18.2 Å². The summed E-state index contributed by atoms with van der Waals surface area (Å²) in [5.74, 6) is 2.57. The summed E-state index contributed by atoms with van der Waals surface area (Å²) in [6, 6.07) is 3.77. The van der Waals surface area contributed by atoms with Gasteiger partial charge in [0, 0.05) is 19.5 Å². The minimum atomic E-state index is -0.00570. The summed E-state index contributed by atoms with van der Waals surface area (Å²) in [7, 11) is 0. The van der Waals surface area contributed by atoms with Crippen LogP contribution in [0.1, 0.15) is 40.0 Å². The van der Waals surface area contributed by atoms with Crippen LogP contribution >= 0.6 is 0 Å². The van der Waals surface area contributed by atoms with Gasteiger partial charge in [-0.1, -0.05) is 20.8 Å². The highest BCUT2D eigenvalue weighted by Crippen LogP contribution is 2.21. The van der Waals surface area contributed by atoms with Crippen LogP contribution in [0.25, 0.3) is 0 Å². The van der Waals surface area contributed by atoms with Gasteiger partial charge in [0.2, 0.25) is 5.91 Å². The Kier molecular flexibility index (Phi) is 4.93. The van der Waals surface area contributed by atoms with Crippen molar-refractivity contribution in [1.29, 1.82) is 0 Å². The molecule has 1 aromatic heterocycles. The molecule has 1 amide bonds. The molecule has 0 radical (unpaired) electrons. The molecule has 0 bridgehead atoms. The van der Waals surface area contributed by atoms with Crippen molar-refractivity contribution in [3.8, 4) is 0 Å². The van der Waals surface area contributed by atoms with Crippen LogP contribution in [-0.2, 0) is 4.79 Å². The van der Waals surface area contributed by atoms with Gasteiger partial charge in [0.1, 0.15) is 0 Å². The van der Waals surface area contributed by atoms with E-state index in [0.717, 1.165) is 24.8 Å². The molecule has 0 aromatic carbocycles. The molecule has 1 N–H and O–H groups in total. The Hall–Kier alpha value is -1.65. The second-order valence-corrected chi connectivity index (χ2v) is 6.09. The highest BCUT2D eigenvalue weighted by atomic mass is 16.1. The third-order valence-electron chi connectivity index (χ3n) is 3.62. The molecule has 0 atom stereocenters. The molecule has 1 saturated heterocycles. The summed E-state index contributed by atoms with van der Waals surface area (Å²) in [6.45, 7) is 8.40. The largest absolute Gasteiger partial charge is 0.355 e. The summed E-state index contributed by atoms with van der Waals surface area (Å²) in [5.41, 5.74) is 0. The highest BCUT2D eigenvalue weighted by molar-refractivity contribution is 5.89. The number of rotatable bonds is 4. The Morgan fingerprint density at radius 3 is 2.60 bits per heavy atom. The van der Waals surface area contributed by atoms with E-state index in [-0.39, 0.29) is 5.91 Å². The number of nitrogens with one attached hydrogen (secondary N) is 1. The molecule has 1 aliphatic heterocycles. The number of carbonyl (C=O) groups is 1. The van der Waals surface area contributed by atoms with Crippen molar-refractivity contribution in [1.82, 2.24) is 10.2 Å². The topological polar surface area (TPSA) is 58.1 Å². The molecule has 110 valence electrons. The first-order valence-electron chi connectivity index (χ1n) is 7.43. The van der Waals surface area contributed by atoms with Crippen LogP contribution < -0.4 is 10.2 Å². The van der Waals surface area contributed by atoms with Gasteiger partial charge in [0.05, 0.1) is 0 Å². The summed E-state index contributed by atoms with van der Waals surface area (Å²) in [4.78, 5) is 13.9. The molecule has 0 spiro atoms. The van der Waals surface area contributed by atoms with E-state index in [4.69, 9.17) is 0 Å². The van der Waals surface area contributed by atoms with Gasteiger partial charge in [-0.25, -0.2) is 0 Å². The van der Waals surface area contributed by atoms with Crippen LogP contribution in [0.5, 0.6) is 0 Å². The fraction of sp³-hybridized carbons (Fsp3) is 0.667. The highest BCUT2D eigenvalue weighted by Gasteiger charge is 2.17. The Balaban J connectivity index is 1.91. The number of hydrogen-bond donors (Lipinski definition) is 1. The second-order valence-electron chi connectivity index (χ2n) is 6.09. The number of nitrogens with zero attached hydrogens (tertiary/aromatic N) is 3. The lowest BCUT2D eigenvalue weighted by Crippen LogP contribution is -2.33. The Bertz CT molecular complexity index is 436. The SMILES string of the molecule is CC(C)CC(=O)Nc1ccc(N2CCC(C)CC2)nn1. The van der Waals surface area contributed by atoms with E-state index in [9.17, 15) is 4.79 Å². The third kappa shape index (κ3) is 4.18. The summed E-state index contributed by atoms with van der Waals surface area (Å²) in [5, 5.41) is 11.1. The van der Waals surface area contributed by atoms with Gasteiger partial charge in [-0.2, -0.15) is 0 Å². The Morgan fingerprint density at radius 2 is 2.05 bits per heavy atom. The van der Waals surface area contributed by atoms with Crippen LogP contribution in [0, 0.1) is 11.8 Å². The average Bonchev–Trinajstić information content (AvgIpc) is 2.39. The lowest BCUT2D eigenvalue weighted by atomic mass is 9.99. The molecular weight excluding hydrogens is 252 g/mol. The molecule has 2 rings (SSSR count). The fourth-order valence-corrected chi connectivity index (χ4v) is 2.36. The first kappa shape index (κ1) is 14.8. The summed E-state index contributed by atoms with van der Waals surface area (Å²) >= 11 is 0. The zero-order chi connectivity index (χ0) is 14.5. The van der Waals surface area contributed by atoms with Crippen LogP contribution in [-0.4, -0.2) is 29.2 Å². The molecule has 0 unspecified atom stereocenters. The summed E-state index contributed by atoms with van der Waals surface area (Å²) in [6.07, 6.45) is 2.91. The van der Waals surface area contributed by atoms with Gasteiger partial charge in [-0.15, -0.1) is 10.2 Å². The first-order valence-corrected chi connectivity index (χ1v) is 7.43. The number of aromatic nitrogens is 2. The first-order chi connectivity index (χ1) is 9.54. The summed E-state index contributed by atoms with van der Waals surface area (Å²) < 4.78 is 0. The fourth-order valence-electron chi connectivity index (χ4n) is 2.36. The molecule has 0 aliphatic carbocycles. The number of carbonyl (C=O) groups excluding carboxylic acids is 1. The van der Waals surface area contributed by atoms with Gasteiger partial charge >= 0.3 is 0 Å². The van der Waals surface area contributed by atoms with Crippen LogP contribution in [0.4, 0.5) is 11.6 Å². The van der Waals surface area contributed by atoms with E-state index >= 15 is 0 Å². The van der Waals surface area contributed by atoms with E-state index in [2.05, 4.69) is 27.3 Å². The zero-order valence-corrected chi connectivity index (χ0v) is 12.6. The quantitative estimate of drug-likeness (QED) is 0.918. The molecule has 5 nitrogen and oxygen atoms in total. The normalized spacial score (nSPS) is 16.5. The molecule has 1 fully saturated rings. The van der Waals surface area contributed by atoms with Crippen molar-refractivity contribution >= 4 is 17.5 Å². The lowest BCUT2D eigenvalue weighted by molar-refractivity contribution is -0.116. The van der Waals surface area contributed by atoms with Crippen LogP contribution in [0.15, 0.2) is 12.1 Å². The maximum Gasteiger partial charge on any atom is 0.225 e. The van der Waals surface area contributed by atoms with Crippen LogP contribution in [0.3, 0.4) is 0 Å². The molecule has 2 heterocycles. The maximum atomic E-state index is 11.7. The Labute approximate surface area is 120 Å². The minimum Gasteiger partial charge on any atom is -0.355 e. The molecule has 1 aliphatic rings. The average molecular weight is 276 g/mol. The molecule has 0 saturated carbocycles. The lowest BCUT2D eigenvalue weighted by Gasteiger charge is -2.30. The zero-order valence-electron chi connectivity index (χ0n) is 12.6. The van der Waals surface area contributed by atoms with Crippen LogP contribution in [0.2, 0.25) is 0 Å². The van der Waals surface area contributed by atoms with E-state index in [1.165, 1.54) is 12.8 Å². The third-order valence-corrected chi connectivity index (χ3v) is 3.62. The van der Waals surface area contributed by atoms with Gasteiger partial charge in [-0.05, 0) is 36.8 Å². The maximum absolute atomic E-state index is 11.7. The van der Waals surface area contributed by atoms with E-state index < -0.39 is 0 Å². The van der Waals surface area contributed by atoms with Crippen molar-refractivity contribution in [3.63, 3.8) is 0 Å². The predicted octanol–water partition coefficient (Wildman–Crippen LogP) is 2.70. The molecule has 20 heavy (non-hydrogen) atoms. The number of anilines is 2. The van der Waals surface area contributed by atoms with Crippen molar-refractivity contribution in [2.45, 2.75) is 40.0 Å². The van der Waals surface area contributed by atoms with Crippen molar-refractivity contribution in [2.75, 3.05) is 23.3 Å².